The summed E-state index contributed by atoms with van der Waals surface area (Å²) in [6, 6.07) is 6.48. The molecular formula is C37H52N8O6S2. The number of likely N-dealkylation sites (tertiary alicyclic amines) is 2. The lowest BCUT2D eigenvalue weighted by Crippen LogP contribution is -2.51. The van der Waals surface area contributed by atoms with Crippen LogP contribution in [0.4, 0.5) is 9.59 Å². The zero-order chi connectivity index (χ0) is 38.9. The molecular weight excluding hydrogens is 717 g/mol. The lowest BCUT2D eigenvalue weighted by atomic mass is 9.96. The van der Waals surface area contributed by atoms with Gasteiger partial charge in [0.1, 0.15) is 22.5 Å². The molecule has 14 nitrogen and oxygen atoms in total. The van der Waals surface area contributed by atoms with Crippen molar-refractivity contribution in [2.24, 2.45) is 11.8 Å². The van der Waals surface area contributed by atoms with Crippen molar-refractivity contribution in [1.29, 1.82) is 0 Å². The van der Waals surface area contributed by atoms with Gasteiger partial charge in [-0.2, -0.15) is 0 Å². The quantitative estimate of drug-likeness (QED) is 0.161. The molecule has 2 aliphatic heterocycles. The first-order valence-electron chi connectivity index (χ1n) is 17.7. The van der Waals surface area contributed by atoms with Gasteiger partial charge in [-0.15, -0.1) is 0 Å². The molecule has 1 N–H and O–H groups in total. The van der Waals surface area contributed by atoms with Gasteiger partial charge in [-0.25, -0.2) is 29.5 Å². The van der Waals surface area contributed by atoms with Crippen LogP contribution in [0.2, 0.25) is 0 Å². The van der Waals surface area contributed by atoms with Crippen LogP contribution < -0.4 is 11.1 Å². The Morgan fingerprint density at radius 2 is 1.28 bits per heavy atom. The third kappa shape index (κ3) is 12.4. The fraction of sp³-hybridized carbons (Fsp3) is 0.568. The number of carbonyl (C=O) groups excluding carboxylic acids is 2. The van der Waals surface area contributed by atoms with Crippen LogP contribution in [-0.4, -0.2) is 101 Å². The zero-order valence-electron chi connectivity index (χ0n) is 32.2. The second-order valence-corrected chi connectivity index (χ2v) is 16.6. The number of thioether (sulfide) groups is 2. The summed E-state index contributed by atoms with van der Waals surface area (Å²) in [5, 5.41) is 3.01. The Balaban J connectivity index is 0.000000196. The van der Waals surface area contributed by atoms with Crippen LogP contribution in [0.5, 0.6) is 0 Å². The van der Waals surface area contributed by atoms with Crippen molar-refractivity contribution >= 4 is 57.8 Å². The molecule has 0 unspecified atom stereocenters. The van der Waals surface area contributed by atoms with Gasteiger partial charge in [-0.3, -0.25) is 14.2 Å². The molecule has 0 radical (unpaired) electrons. The molecule has 53 heavy (non-hydrogen) atoms. The fourth-order valence-electron chi connectivity index (χ4n) is 5.57. The number of pyridine rings is 2. The monoisotopic (exact) mass is 768 g/mol. The molecule has 0 saturated carbocycles. The largest absolute Gasteiger partial charge is 0.444 e. The molecule has 4 aromatic heterocycles. The van der Waals surface area contributed by atoms with E-state index < -0.39 is 5.60 Å². The Hall–Kier alpha value is -4.18. The van der Waals surface area contributed by atoms with Gasteiger partial charge in [0.25, 0.3) is 5.56 Å². The smallest absolute Gasteiger partial charge is 0.410 e. The number of aromatic amines is 1. The molecule has 2 saturated heterocycles. The topological polar surface area (TPSA) is 166 Å². The van der Waals surface area contributed by atoms with Crippen LogP contribution >= 0.6 is 23.5 Å². The summed E-state index contributed by atoms with van der Waals surface area (Å²) in [5.74, 6) is 1.07. The van der Waals surface area contributed by atoms with E-state index in [1.165, 1.54) is 42.4 Å². The van der Waals surface area contributed by atoms with Crippen LogP contribution in [0.15, 0.2) is 56.6 Å². The highest BCUT2D eigenvalue weighted by Crippen LogP contribution is 2.24. The Labute approximate surface area is 318 Å². The van der Waals surface area contributed by atoms with Crippen molar-refractivity contribution in [2.75, 3.05) is 38.7 Å². The van der Waals surface area contributed by atoms with Gasteiger partial charge in [-0.05, 0) is 90.9 Å². The summed E-state index contributed by atoms with van der Waals surface area (Å²) >= 11 is 2.90. The van der Waals surface area contributed by atoms with Crippen molar-refractivity contribution in [2.45, 2.75) is 95.8 Å². The number of ether oxygens (including phenoxy) is 2. The fourth-order valence-corrected chi connectivity index (χ4v) is 6.24. The lowest BCUT2D eigenvalue weighted by Gasteiger charge is -2.39. The molecule has 0 bridgehead atoms. The number of carbonyl (C=O) groups is 2. The standard InChI is InChI=1S/C18H24N4O3S.C11H21NO2.C8H7N3OS/c1-18(2,3)25-17(24)21-10-12(11-21)7-8-22-14(23)6-5-13-9-19-16(26-4)20-15(13)22;1-5-6-9-7-12(8-9)10(13)14-11(2,3)4;1-13-8-9-4-5-2-3-6(12)10-7(5)11-8/h5-6,9,12H,7-8,10-11H2,1-4H3;9H,5-8H2,1-4H3;2-4H,1H3,(H,9,10,11,12). The molecule has 0 aromatic carbocycles. The Kier molecular flexibility index (Phi) is 14.3. The molecule has 0 aliphatic carbocycles. The maximum Gasteiger partial charge on any atom is 0.410 e. The van der Waals surface area contributed by atoms with E-state index in [9.17, 15) is 19.2 Å². The molecule has 0 spiro atoms. The van der Waals surface area contributed by atoms with Crippen molar-refractivity contribution < 1.29 is 19.1 Å². The number of aryl methyl sites for hydroxylation is 1. The van der Waals surface area contributed by atoms with Crippen molar-refractivity contribution in [3.8, 4) is 0 Å². The second kappa shape index (κ2) is 18.2. The Morgan fingerprint density at radius 3 is 1.81 bits per heavy atom. The van der Waals surface area contributed by atoms with Crippen molar-refractivity contribution in [1.82, 2.24) is 39.3 Å². The molecule has 2 aliphatic rings. The van der Waals surface area contributed by atoms with E-state index in [2.05, 4.69) is 31.8 Å². The zero-order valence-corrected chi connectivity index (χ0v) is 33.8. The molecule has 288 valence electrons. The first-order valence-corrected chi connectivity index (χ1v) is 20.2. The summed E-state index contributed by atoms with van der Waals surface area (Å²) in [6.45, 7) is 17.1. The number of aromatic nitrogens is 6. The van der Waals surface area contributed by atoms with Crippen LogP contribution in [0.25, 0.3) is 22.1 Å². The van der Waals surface area contributed by atoms with E-state index in [-0.39, 0.29) is 28.9 Å². The van der Waals surface area contributed by atoms with Crippen LogP contribution in [0.3, 0.4) is 0 Å². The van der Waals surface area contributed by atoms with E-state index in [0.29, 0.717) is 53.1 Å². The summed E-state index contributed by atoms with van der Waals surface area (Å²) in [4.78, 5) is 69.8. The second-order valence-electron chi connectivity index (χ2n) is 15.0. The van der Waals surface area contributed by atoms with Crippen molar-refractivity contribution in [3.05, 3.63) is 57.4 Å². The minimum absolute atomic E-state index is 0.0634. The summed E-state index contributed by atoms with van der Waals surface area (Å²) < 4.78 is 12.3. The maximum atomic E-state index is 12.3. The van der Waals surface area contributed by atoms with Crippen LogP contribution in [0, 0.1) is 11.8 Å². The third-order valence-electron chi connectivity index (χ3n) is 8.19. The number of nitrogens with zero attached hydrogens (tertiary/aromatic N) is 7. The minimum Gasteiger partial charge on any atom is -0.444 e. The van der Waals surface area contributed by atoms with E-state index in [1.54, 1.807) is 45.0 Å². The first-order chi connectivity index (χ1) is 25.0. The molecule has 6 rings (SSSR count). The van der Waals surface area contributed by atoms with E-state index >= 15 is 0 Å². The number of rotatable bonds is 7. The molecule has 16 heteroatoms. The first kappa shape index (κ1) is 41.6. The van der Waals surface area contributed by atoms with Crippen molar-refractivity contribution in [3.63, 3.8) is 0 Å². The number of fused-ring (bicyclic) bond motifs is 2. The van der Waals surface area contributed by atoms with E-state index in [4.69, 9.17) is 9.47 Å². The normalized spacial score (nSPS) is 14.7. The summed E-state index contributed by atoms with van der Waals surface area (Å²) in [5.41, 5.74) is 0.205. The molecule has 4 aromatic rings. The highest BCUT2D eigenvalue weighted by molar-refractivity contribution is 7.98. The highest BCUT2D eigenvalue weighted by atomic mass is 32.2. The Bertz CT molecular complexity index is 1980. The predicted molar refractivity (Wildman–Crippen MR) is 210 cm³/mol. The summed E-state index contributed by atoms with van der Waals surface area (Å²) in [7, 11) is 0. The summed E-state index contributed by atoms with van der Waals surface area (Å²) in [6.07, 6.45) is 10.1. The average molecular weight is 769 g/mol. The number of hydrogen-bond donors (Lipinski definition) is 1. The van der Waals surface area contributed by atoms with Gasteiger partial charge in [0.2, 0.25) is 5.56 Å². The van der Waals surface area contributed by atoms with Crippen LogP contribution in [-0.2, 0) is 16.0 Å². The SMILES string of the molecule is CCCC1CN(C(=O)OC(C)(C)C)C1.CSc1ncc2ccc(=O)[nH]c2n1.CSc1ncc2ccc(=O)n(CCC3CN(C(=O)OC(C)(C)C)C3)c2n1. The molecule has 2 fully saturated rings. The lowest BCUT2D eigenvalue weighted by molar-refractivity contribution is -0.00324. The van der Waals surface area contributed by atoms with Gasteiger partial charge in [0.15, 0.2) is 10.3 Å². The number of amides is 2. The molecule has 0 atom stereocenters. The molecule has 6 heterocycles. The minimum atomic E-state index is -0.479. The number of H-pyrrole nitrogens is 1. The highest BCUT2D eigenvalue weighted by Gasteiger charge is 2.34. The van der Waals surface area contributed by atoms with E-state index in [1.807, 2.05) is 54.1 Å². The predicted octanol–water partition coefficient (Wildman–Crippen LogP) is 6.46. The van der Waals surface area contributed by atoms with Gasteiger partial charge >= 0.3 is 12.2 Å². The Morgan fingerprint density at radius 1 is 0.774 bits per heavy atom. The number of hydrogen-bond acceptors (Lipinski definition) is 12. The molecule has 2 amide bonds. The van der Waals surface area contributed by atoms with Gasteiger partial charge in [0.05, 0.1) is 0 Å². The van der Waals surface area contributed by atoms with Crippen LogP contribution in [0.1, 0.15) is 67.7 Å². The van der Waals surface area contributed by atoms with Gasteiger partial charge < -0.3 is 24.3 Å². The van der Waals surface area contributed by atoms with E-state index in [0.717, 1.165) is 30.3 Å². The third-order valence-corrected chi connectivity index (χ3v) is 9.32. The van der Waals surface area contributed by atoms with Gasteiger partial charge in [-0.1, -0.05) is 36.9 Å². The van der Waals surface area contributed by atoms with Gasteiger partial charge in [0, 0.05) is 68.0 Å². The number of nitrogens with one attached hydrogen (secondary N) is 1. The average Bonchev–Trinajstić information content (AvgIpc) is 3.04. The maximum absolute atomic E-state index is 12.3.